The molecule has 0 saturated heterocycles. The lowest BCUT2D eigenvalue weighted by Crippen LogP contribution is -2.37. The minimum atomic E-state index is -0.380. The van der Waals surface area contributed by atoms with E-state index in [1.54, 1.807) is 0 Å². The Morgan fingerprint density at radius 3 is 1.60 bits per heavy atom. The maximum atomic E-state index is 7.02. The molecule has 0 radical (unpaired) electrons. The van der Waals surface area contributed by atoms with Gasteiger partial charge >= 0.3 is 0 Å². The van der Waals surface area contributed by atoms with Crippen LogP contribution in [0.1, 0.15) is 52.4 Å². The second-order valence-electron chi connectivity index (χ2n) is 16.6. The van der Waals surface area contributed by atoms with Gasteiger partial charge in [0.25, 0.3) is 0 Å². The molecule has 3 aliphatic carbocycles. The van der Waals surface area contributed by atoms with Crippen molar-refractivity contribution in [3.8, 4) is 56.5 Å². The first-order chi connectivity index (χ1) is 30.7. The number of benzene rings is 7. The van der Waals surface area contributed by atoms with Crippen molar-refractivity contribution in [2.45, 2.75) is 24.2 Å². The number of rotatable bonds is 6. The highest BCUT2D eigenvalue weighted by Crippen LogP contribution is 2.65. The third-order valence-corrected chi connectivity index (χ3v) is 13.3. The van der Waals surface area contributed by atoms with Crippen molar-refractivity contribution >= 4 is 11.1 Å². The zero-order valence-electron chi connectivity index (χ0n) is 34.0. The van der Waals surface area contributed by atoms with E-state index in [-0.39, 0.29) is 17.3 Å². The van der Waals surface area contributed by atoms with Crippen molar-refractivity contribution < 1.29 is 4.74 Å². The van der Waals surface area contributed by atoms with E-state index in [9.17, 15) is 0 Å². The van der Waals surface area contributed by atoms with Gasteiger partial charge in [0.05, 0.1) is 5.41 Å². The maximum absolute atomic E-state index is 7.02. The molecule has 12 rings (SSSR count). The Morgan fingerprint density at radius 1 is 0.419 bits per heavy atom. The summed E-state index contributed by atoms with van der Waals surface area (Å²) in [5.41, 5.74) is 14.9. The molecule has 3 unspecified atom stereocenters. The first-order valence-electron chi connectivity index (χ1n) is 21.6. The molecule has 62 heavy (non-hydrogen) atoms. The van der Waals surface area contributed by atoms with Crippen LogP contribution in [-0.2, 0) is 5.41 Å². The summed E-state index contributed by atoms with van der Waals surface area (Å²) in [6.45, 7) is 0. The standard InChI is InChI=1S/C58H41N3O/c1-3-14-38(15-4-1)40-26-32-43(33-27-40)55-59-56(44-34-28-41(29-35-44)39-16-5-2-6-17-39)61-57(60-55)45-36-30-42(31-37-45)46-20-13-24-52-54(46)62-53-25-12-11-23-51(53)58(52)49-21-9-7-18-47(49)48-19-8-10-22-50(48)58/h1-30,32-36,47,49H,31,37H2. The van der Waals surface area contributed by atoms with Gasteiger partial charge < -0.3 is 4.74 Å². The number of hydrogen-bond acceptors (Lipinski definition) is 4. The highest BCUT2D eigenvalue weighted by atomic mass is 16.5. The number of para-hydroxylation sites is 2. The molecule has 1 spiro atoms. The van der Waals surface area contributed by atoms with Crippen LogP contribution in [0.25, 0.3) is 56.2 Å². The average molecular weight is 796 g/mol. The van der Waals surface area contributed by atoms with Gasteiger partial charge in [-0.05, 0) is 63.4 Å². The van der Waals surface area contributed by atoms with E-state index in [0.717, 1.165) is 57.7 Å². The summed E-state index contributed by atoms with van der Waals surface area (Å²) in [5, 5.41) is 0. The van der Waals surface area contributed by atoms with E-state index in [4.69, 9.17) is 19.7 Å². The zero-order chi connectivity index (χ0) is 41.0. The maximum Gasteiger partial charge on any atom is 0.164 e. The highest BCUT2D eigenvalue weighted by molar-refractivity contribution is 5.83. The molecular weight excluding hydrogens is 755 g/mol. The molecule has 0 amide bonds. The summed E-state index contributed by atoms with van der Waals surface area (Å²) in [5.74, 6) is 4.41. The predicted octanol–water partition coefficient (Wildman–Crippen LogP) is 14.1. The van der Waals surface area contributed by atoms with Gasteiger partial charge in [-0.1, -0.05) is 206 Å². The molecule has 0 saturated carbocycles. The van der Waals surface area contributed by atoms with E-state index in [1.165, 1.54) is 39.0 Å². The summed E-state index contributed by atoms with van der Waals surface area (Å²) >= 11 is 0. The molecule has 294 valence electrons. The van der Waals surface area contributed by atoms with Crippen molar-refractivity contribution in [1.82, 2.24) is 15.0 Å². The van der Waals surface area contributed by atoms with E-state index < -0.39 is 0 Å². The second-order valence-corrected chi connectivity index (χ2v) is 16.6. The minimum absolute atomic E-state index is 0.229. The molecule has 1 aromatic heterocycles. The van der Waals surface area contributed by atoms with Crippen molar-refractivity contribution in [3.63, 3.8) is 0 Å². The van der Waals surface area contributed by atoms with Crippen LogP contribution in [0.5, 0.6) is 11.5 Å². The first kappa shape index (κ1) is 36.2. The highest BCUT2D eigenvalue weighted by Gasteiger charge is 2.56. The fourth-order valence-corrected chi connectivity index (χ4v) is 10.4. The lowest BCUT2D eigenvalue weighted by atomic mass is 9.61. The molecule has 0 bridgehead atoms. The van der Waals surface area contributed by atoms with Crippen LogP contribution in [0.4, 0.5) is 0 Å². The van der Waals surface area contributed by atoms with Gasteiger partial charge in [0.15, 0.2) is 17.5 Å². The van der Waals surface area contributed by atoms with E-state index >= 15 is 0 Å². The van der Waals surface area contributed by atoms with Crippen LogP contribution in [0.15, 0.2) is 212 Å². The van der Waals surface area contributed by atoms with Crippen molar-refractivity contribution in [3.05, 3.63) is 246 Å². The van der Waals surface area contributed by atoms with Crippen LogP contribution in [-0.4, -0.2) is 15.0 Å². The summed E-state index contributed by atoms with van der Waals surface area (Å²) in [6.07, 6.45) is 15.3. The molecule has 3 atom stereocenters. The Labute approximate surface area is 362 Å². The lowest BCUT2D eigenvalue weighted by molar-refractivity contribution is 0.373. The van der Waals surface area contributed by atoms with Gasteiger partial charge in [-0.3, -0.25) is 0 Å². The third kappa shape index (κ3) is 5.86. The van der Waals surface area contributed by atoms with Crippen LogP contribution in [0, 0.1) is 5.92 Å². The topological polar surface area (TPSA) is 47.9 Å². The predicted molar refractivity (Wildman–Crippen MR) is 251 cm³/mol. The number of fused-ring (bicyclic) bond motifs is 9. The van der Waals surface area contributed by atoms with E-state index in [2.05, 4.69) is 200 Å². The Hall–Kier alpha value is -7.69. The lowest BCUT2D eigenvalue weighted by Gasteiger charge is -2.43. The Balaban J connectivity index is 0.950. The number of allylic oxidation sites excluding steroid dienone is 8. The summed E-state index contributed by atoms with van der Waals surface area (Å²) in [6, 6.07) is 62.4. The molecule has 1 aliphatic heterocycles. The Bertz CT molecular complexity index is 3040. The van der Waals surface area contributed by atoms with Crippen LogP contribution in [0.2, 0.25) is 0 Å². The molecule has 4 nitrogen and oxygen atoms in total. The molecule has 8 aromatic rings. The Morgan fingerprint density at radius 2 is 0.935 bits per heavy atom. The second kappa shape index (κ2) is 14.8. The monoisotopic (exact) mass is 795 g/mol. The van der Waals surface area contributed by atoms with Crippen LogP contribution < -0.4 is 4.74 Å². The number of nitrogens with zero attached hydrogens (tertiary/aromatic N) is 3. The quantitative estimate of drug-likeness (QED) is 0.168. The van der Waals surface area contributed by atoms with Gasteiger partial charge in [0, 0.05) is 39.7 Å². The molecule has 7 aromatic carbocycles. The van der Waals surface area contributed by atoms with E-state index in [0.29, 0.717) is 17.5 Å². The fourth-order valence-electron chi connectivity index (χ4n) is 10.4. The molecule has 0 N–H and O–H groups in total. The van der Waals surface area contributed by atoms with Gasteiger partial charge in [0.2, 0.25) is 0 Å². The molecule has 4 aliphatic rings. The molecule has 4 heteroatoms. The van der Waals surface area contributed by atoms with Gasteiger partial charge in [-0.25, -0.2) is 15.0 Å². The van der Waals surface area contributed by atoms with Gasteiger partial charge in [-0.2, -0.15) is 0 Å². The van der Waals surface area contributed by atoms with Gasteiger partial charge in [0.1, 0.15) is 11.5 Å². The number of hydrogen-bond donors (Lipinski definition) is 0. The van der Waals surface area contributed by atoms with E-state index in [1.807, 2.05) is 12.1 Å². The summed E-state index contributed by atoms with van der Waals surface area (Å²) in [4.78, 5) is 15.4. The molecule has 2 heterocycles. The summed E-state index contributed by atoms with van der Waals surface area (Å²) in [7, 11) is 0. The van der Waals surface area contributed by atoms with Gasteiger partial charge in [-0.15, -0.1) is 0 Å². The van der Waals surface area contributed by atoms with Crippen LogP contribution >= 0.6 is 0 Å². The smallest absolute Gasteiger partial charge is 0.164 e. The van der Waals surface area contributed by atoms with Crippen LogP contribution in [0.3, 0.4) is 0 Å². The number of ether oxygens (including phenoxy) is 1. The summed E-state index contributed by atoms with van der Waals surface area (Å²) < 4.78 is 7.02. The Kier molecular flexibility index (Phi) is 8.63. The fraction of sp³-hybridized carbons (Fsp3) is 0.0862. The largest absolute Gasteiger partial charge is 0.456 e. The number of aromatic nitrogens is 3. The zero-order valence-corrected chi connectivity index (χ0v) is 34.0. The molecule has 0 fully saturated rings. The molecular formula is C58H41N3O. The average Bonchev–Trinajstić information content (AvgIpc) is 3.65. The van der Waals surface area contributed by atoms with Crippen molar-refractivity contribution in [2.24, 2.45) is 5.92 Å². The third-order valence-electron chi connectivity index (χ3n) is 13.3. The van der Waals surface area contributed by atoms with Crippen molar-refractivity contribution in [1.29, 1.82) is 0 Å². The normalized spacial score (nSPS) is 19.1. The SMILES string of the molecule is C1=CC2c3ccccc3C3(c4ccccc4Oc4c(C5=CC=C(c6nc(-c7ccc(-c8ccccc8)cc7)nc(-c7ccc(-c8ccccc8)cc7)n6)CC5)cccc43)C2C=C1. The minimum Gasteiger partial charge on any atom is -0.456 e. The first-order valence-corrected chi connectivity index (χ1v) is 21.6. The van der Waals surface area contributed by atoms with Crippen molar-refractivity contribution in [2.75, 3.05) is 0 Å².